The normalized spacial score (nSPS) is 24.3. The first-order valence-corrected chi connectivity index (χ1v) is 7.40. The molecule has 1 heterocycles. The first-order valence-electron chi connectivity index (χ1n) is 5.25. The van der Waals surface area contributed by atoms with E-state index in [2.05, 4.69) is 0 Å². The summed E-state index contributed by atoms with van der Waals surface area (Å²) < 4.78 is 30.5. The number of halogens is 1. The molecule has 6 heteroatoms. The van der Waals surface area contributed by atoms with Gasteiger partial charge in [-0.15, -0.1) is 11.6 Å². The lowest BCUT2D eigenvalue weighted by molar-refractivity contribution is 0.0122. The molecular formula is C9H18ClNO3S. The van der Waals surface area contributed by atoms with E-state index in [4.69, 9.17) is 16.3 Å². The zero-order valence-corrected chi connectivity index (χ0v) is 10.6. The first kappa shape index (κ1) is 13.2. The second kappa shape index (κ2) is 6.03. The maximum atomic E-state index is 11.8. The summed E-state index contributed by atoms with van der Waals surface area (Å²) in [5, 5.41) is 0. The standard InChI is InChI=1S/C9H18ClNO3S/c1-2-3-6-15(12,13)11-4-5-14-9(7-10)8-11/h9H,2-8H2,1H3. The molecule has 15 heavy (non-hydrogen) atoms. The van der Waals surface area contributed by atoms with E-state index >= 15 is 0 Å². The molecule has 0 aromatic carbocycles. The molecule has 0 saturated carbocycles. The number of rotatable bonds is 5. The van der Waals surface area contributed by atoms with Gasteiger partial charge in [0, 0.05) is 19.0 Å². The number of sulfonamides is 1. The zero-order chi connectivity index (χ0) is 11.3. The number of hydrogen-bond donors (Lipinski definition) is 0. The van der Waals surface area contributed by atoms with E-state index in [1.807, 2.05) is 6.92 Å². The molecule has 1 unspecified atom stereocenters. The monoisotopic (exact) mass is 255 g/mol. The van der Waals surface area contributed by atoms with Gasteiger partial charge in [0.2, 0.25) is 10.0 Å². The van der Waals surface area contributed by atoms with Gasteiger partial charge in [-0.25, -0.2) is 8.42 Å². The third kappa shape index (κ3) is 3.90. The number of unbranched alkanes of at least 4 members (excludes halogenated alkanes) is 1. The highest BCUT2D eigenvalue weighted by atomic mass is 35.5. The van der Waals surface area contributed by atoms with Gasteiger partial charge < -0.3 is 4.74 Å². The van der Waals surface area contributed by atoms with E-state index in [9.17, 15) is 8.42 Å². The summed E-state index contributed by atoms with van der Waals surface area (Å²) >= 11 is 5.65. The summed E-state index contributed by atoms with van der Waals surface area (Å²) in [6.07, 6.45) is 1.45. The molecular weight excluding hydrogens is 238 g/mol. The van der Waals surface area contributed by atoms with Crippen LogP contribution in [0.1, 0.15) is 19.8 Å². The van der Waals surface area contributed by atoms with Gasteiger partial charge in [-0.3, -0.25) is 0 Å². The molecule has 90 valence electrons. The Hall–Kier alpha value is 0.160. The van der Waals surface area contributed by atoms with E-state index in [-0.39, 0.29) is 11.9 Å². The Morgan fingerprint density at radius 3 is 2.87 bits per heavy atom. The van der Waals surface area contributed by atoms with Gasteiger partial charge in [0.25, 0.3) is 0 Å². The highest BCUT2D eigenvalue weighted by Gasteiger charge is 2.28. The van der Waals surface area contributed by atoms with Crippen LogP contribution in [0.4, 0.5) is 0 Å². The van der Waals surface area contributed by atoms with Crippen LogP contribution in [0.2, 0.25) is 0 Å². The SMILES string of the molecule is CCCCS(=O)(=O)N1CCOC(CCl)C1. The van der Waals surface area contributed by atoms with Crippen molar-refractivity contribution in [1.29, 1.82) is 0 Å². The summed E-state index contributed by atoms with van der Waals surface area (Å²) in [6, 6.07) is 0. The van der Waals surface area contributed by atoms with Crippen LogP contribution in [-0.4, -0.2) is 50.2 Å². The molecule has 1 rings (SSSR count). The topological polar surface area (TPSA) is 46.6 Å². The molecule has 1 aliphatic heterocycles. The molecule has 0 aliphatic carbocycles. The smallest absolute Gasteiger partial charge is 0.214 e. The van der Waals surface area contributed by atoms with Crippen LogP contribution in [0, 0.1) is 0 Å². The average Bonchev–Trinajstić information content (AvgIpc) is 2.26. The minimum atomic E-state index is -3.09. The number of morpholine rings is 1. The van der Waals surface area contributed by atoms with Crippen LogP contribution in [0.25, 0.3) is 0 Å². The van der Waals surface area contributed by atoms with Crippen molar-refractivity contribution in [2.45, 2.75) is 25.9 Å². The Bertz CT molecular complexity index is 281. The summed E-state index contributed by atoms with van der Waals surface area (Å²) in [6.45, 7) is 3.29. The van der Waals surface area contributed by atoms with Crippen LogP contribution in [0.3, 0.4) is 0 Å². The average molecular weight is 256 g/mol. The molecule has 1 aliphatic rings. The van der Waals surface area contributed by atoms with Crippen molar-refractivity contribution in [3.05, 3.63) is 0 Å². The Morgan fingerprint density at radius 1 is 1.53 bits per heavy atom. The van der Waals surface area contributed by atoms with E-state index in [0.717, 1.165) is 6.42 Å². The molecule has 0 spiro atoms. The van der Waals surface area contributed by atoms with Gasteiger partial charge in [0.15, 0.2) is 0 Å². The van der Waals surface area contributed by atoms with Gasteiger partial charge >= 0.3 is 0 Å². The quantitative estimate of drug-likeness (QED) is 0.690. The molecule has 0 bridgehead atoms. The van der Waals surface area contributed by atoms with Crippen molar-refractivity contribution in [3.8, 4) is 0 Å². The maximum Gasteiger partial charge on any atom is 0.214 e. The van der Waals surface area contributed by atoms with Crippen molar-refractivity contribution >= 4 is 21.6 Å². The third-order valence-corrected chi connectivity index (χ3v) is 4.69. The van der Waals surface area contributed by atoms with Crippen molar-refractivity contribution in [1.82, 2.24) is 4.31 Å². The molecule has 0 amide bonds. The van der Waals surface area contributed by atoms with E-state index < -0.39 is 10.0 Å². The van der Waals surface area contributed by atoms with E-state index in [1.54, 1.807) is 0 Å². The zero-order valence-electron chi connectivity index (χ0n) is 8.99. The van der Waals surface area contributed by atoms with Gasteiger partial charge in [-0.1, -0.05) is 13.3 Å². The lowest BCUT2D eigenvalue weighted by Crippen LogP contribution is -2.46. The highest BCUT2D eigenvalue weighted by molar-refractivity contribution is 7.89. The van der Waals surface area contributed by atoms with Gasteiger partial charge in [-0.05, 0) is 6.42 Å². The fraction of sp³-hybridized carbons (Fsp3) is 1.00. The minimum Gasteiger partial charge on any atom is -0.374 e. The largest absolute Gasteiger partial charge is 0.374 e. The molecule has 1 fully saturated rings. The molecule has 1 atom stereocenters. The molecule has 0 N–H and O–H groups in total. The van der Waals surface area contributed by atoms with Crippen molar-refractivity contribution in [2.24, 2.45) is 0 Å². The predicted octanol–water partition coefficient (Wildman–Crippen LogP) is 1.06. The Morgan fingerprint density at radius 2 is 2.27 bits per heavy atom. The van der Waals surface area contributed by atoms with Crippen LogP contribution < -0.4 is 0 Å². The van der Waals surface area contributed by atoms with E-state index in [1.165, 1.54) is 4.31 Å². The van der Waals surface area contributed by atoms with Crippen LogP contribution in [-0.2, 0) is 14.8 Å². The Labute approximate surface area is 96.6 Å². The van der Waals surface area contributed by atoms with Gasteiger partial charge in [0.1, 0.15) is 0 Å². The lowest BCUT2D eigenvalue weighted by Gasteiger charge is -2.31. The van der Waals surface area contributed by atoms with Crippen molar-refractivity contribution in [2.75, 3.05) is 31.3 Å². The van der Waals surface area contributed by atoms with Crippen molar-refractivity contribution in [3.63, 3.8) is 0 Å². The number of alkyl halides is 1. The maximum absolute atomic E-state index is 11.8. The summed E-state index contributed by atoms with van der Waals surface area (Å²) in [4.78, 5) is 0. The molecule has 1 saturated heterocycles. The molecule has 0 aromatic rings. The fourth-order valence-corrected chi connectivity index (χ4v) is 3.34. The van der Waals surface area contributed by atoms with Gasteiger partial charge in [-0.2, -0.15) is 4.31 Å². The lowest BCUT2D eigenvalue weighted by atomic mass is 10.3. The minimum absolute atomic E-state index is 0.156. The Balaban J connectivity index is 2.54. The van der Waals surface area contributed by atoms with Crippen LogP contribution >= 0.6 is 11.6 Å². The molecule has 4 nitrogen and oxygen atoms in total. The second-order valence-electron chi connectivity index (χ2n) is 3.67. The summed E-state index contributed by atoms with van der Waals surface area (Å²) in [5.41, 5.74) is 0. The van der Waals surface area contributed by atoms with E-state index in [0.29, 0.717) is 32.0 Å². The number of ether oxygens (including phenoxy) is 1. The first-order chi connectivity index (χ1) is 7.10. The molecule has 0 radical (unpaired) electrons. The molecule has 0 aromatic heterocycles. The fourth-order valence-electron chi connectivity index (χ4n) is 1.49. The second-order valence-corrected chi connectivity index (χ2v) is 6.07. The van der Waals surface area contributed by atoms with Crippen LogP contribution in [0.15, 0.2) is 0 Å². The number of hydrogen-bond acceptors (Lipinski definition) is 3. The van der Waals surface area contributed by atoms with Crippen LogP contribution in [0.5, 0.6) is 0 Å². The van der Waals surface area contributed by atoms with Gasteiger partial charge in [0.05, 0.1) is 18.5 Å². The van der Waals surface area contributed by atoms with Crippen molar-refractivity contribution < 1.29 is 13.2 Å². The summed E-state index contributed by atoms with van der Waals surface area (Å²) in [5.74, 6) is 0.582. The third-order valence-electron chi connectivity index (χ3n) is 2.42. The number of nitrogens with zero attached hydrogens (tertiary/aromatic N) is 1. The Kier molecular flexibility index (Phi) is 5.32. The summed E-state index contributed by atoms with van der Waals surface area (Å²) in [7, 11) is -3.09. The highest BCUT2D eigenvalue weighted by Crippen LogP contribution is 2.12. The predicted molar refractivity (Wildman–Crippen MR) is 60.7 cm³/mol.